The number of aromatic hydroxyl groups is 2. The number of fused-ring (bicyclic) bond motifs is 8. The van der Waals surface area contributed by atoms with Crippen LogP contribution < -0.4 is 9.72 Å². The molecule has 6 N–H and O–H groups in total. The lowest BCUT2D eigenvalue weighted by Crippen LogP contribution is -2.40. The number of ether oxygens (including phenoxy) is 1. The van der Waals surface area contributed by atoms with E-state index in [0.717, 1.165) is 95.9 Å². The third kappa shape index (κ3) is 10.4. The van der Waals surface area contributed by atoms with E-state index in [1.165, 1.54) is 0 Å². The summed E-state index contributed by atoms with van der Waals surface area (Å²) >= 11 is 0. The maximum Gasteiger partial charge on any atom is 0.161 e. The highest BCUT2D eigenvalue weighted by Gasteiger charge is 2.45. The fourth-order valence-electron chi connectivity index (χ4n) is 13.5. The summed E-state index contributed by atoms with van der Waals surface area (Å²) in [5.74, 6) is -2.02. The van der Waals surface area contributed by atoms with E-state index in [4.69, 9.17) is 15.0 Å². The Morgan fingerprint density at radius 3 is 2.43 bits per heavy atom. The SMILES string of the molecule is O=C1CCc2cc(c(O)c(OC3CCCC3)c2)Cc2ccc(C3([C@H](O)Cc4ccccc4)CCCC3)c(c2)Cc2cc[nH]c2[N-]CC2=Cc3[n-]ccc3[C@H](C[C@]3(O)C=Cc4c(O)cccc4CC3)[C@@H]2C(=O)[C@H]1CCO. The van der Waals surface area contributed by atoms with Crippen molar-refractivity contribution in [1.82, 2.24) is 9.97 Å². The minimum absolute atomic E-state index is 0.0139. The van der Waals surface area contributed by atoms with Gasteiger partial charge in [-0.2, -0.15) is 6.20 Å². The summed E-state index contributed by atoms with van der Waals surface area (Å²) < 4.78 is 6.56. The van der Waals surface area contributed by atoms with Crippen molar-refractivity contribution >= 4 is 29.5 Å². The fraction of sp³-hybridized carbons (Fsp3) is 0.406. The van der Waals surface area contributed by atoms with Crippen molar-refractivity contribution in [1.29, 1.82) is 0 Å². The number of aliphatic hydroxyl groups is 3. The molecule has 11 rings (SSSR count). The van der Waals surface area contributed by atoms with E-state index < -0.39 is 34.9 Å². The van der Waals surface area contributed by atoms with E-state index in [1.54, 1.807) is 30.5 Å². The van der Waals surface area contributed by atoms with Gasteiger partial charge in [0.25, 0.3) is 0 Å². The average molecular weight is 1010 g/mol. The van der Waals surface area contributed by atoms with Crippen LogP contribution in [-0.4, -0.2) is 73.0 Å². The molecule has 0 radical (unpaired) electrons. The minimum atomic E-state index is -1.40. The van der Waals surface area contributed by atoms with Crippen molar-refractivity contribution in [3.05, 3.63) is 182 Å². The number of carbonyl (C=O) groups is 2. The van der Waals surface area contributed by atoms with Gasteiger partial charge in [0, 0.05) is 41.9 Å². The van der Waals surface area contributed by atoms with Crippen molar-refractivity contribution in [2.45, 2.75) is 138 Å². The van der Waals surface area contributed by atoms with Crippen LogP contribution >= 0.6 is 0 Å². The Kier molecular flexibility index (Phi) is 14.5. The van der Waals surface area contributed by atoms with Crippen molar-refractivity contribution < 1.29 is 39.9 Å². The molecule has 5 aliphatic rings. The first-order valence-electron chi connectivity index (χ1n) is 27.4. The van der Waals surface area contributed by atoms with Crippen molar-refractivity contribution in [2.24, 2.45) is 11.8 Å². The lowest BCUT2D eigenvalue weighted by Gasteiger charge is -2.40. The largest absolute Gasteiger partial charge is 0.664 e. The fourth-order valence-corrected chi connectivity index (χ4v) is 13.5. The molecule has 5 atom stereocenters. The van der Waals surface area contributed by atoms with Gasteiger partial charge < -0.3 is 45.6 Å². The van der Waals surface area contributed by atoms with E-state index in [-0.39, 0.29) is 68.0 Å². The van der Waals surface area contributed by atoms with Crippen LogP contribution in [0.3, 0.4) is 0 Å². The molecule has 2 fully saturated rings. The van der Waals surface area contributed by atoms with Crippen LogP contribution in [-0.2, 0) is 47.1 Å². The number of nitrogens with one attached hydrogen (secondary N) is 1. The Balaban J connectivity index is 1.01. The monoisotopic (exact) mass is 1010 g/mol. The second-order valence-electron chi connectivity index (χ2n) is 22.2. The van der Waals surface area contributed by atoms with Crippen LogP contribution in [0.5, 0.6) is 17.2 Å². The third-order valence-electron chi connectivity index (χ3n) is 17.5. The topological polar surface area (TPSA) is 189 Å². The van der Waals surface area contributed by atoms with Gasteiger partial charge in [0.1, 0.15) is 11.5 Å². The standard InChI is InChI=1S/C64H69N3O8/c68-30-23-51-56(70)18-16-42-33-46(60(72)57(34-42)75-48-12-4-5-13-48)32-41-15-17-53(64(24-6-7-25-64)58(71)35-40-9-2-1-3-10-40)45(31-41)36-44-21-28-66-62(44)67-39-47-37-54-50(22-29-65-54)52(59(47)61(51)73)38-63(74)26-19-43-11-8-14-55(69)49(43)20-27-63/h1-3,8-11,14-15,17,20-22,27-29,31,33-34,37,48,51-52,58-59,66,68-69,71-72,74H,4-7,12-13,16,18-19,23-26,30,32,35-36,38-39H2/q-2/t51-,52-,58+,59+,63+/m0/s1. The zero-order chi connectivity index (χ0) is 51.7. The van der Waals surface area contributed by atoms with Gasteiger partial charge in [-0.15, -0.1) is 5.69 Å². The van der Waals surface area contributed by atoms with Gasteiger partial charge in [0.2, 0.25) is 0 Å². The first kappa shape index (κ1) is 50.5. The normalized spacial score (nSPS) is 23.3. The maximum absolute atomic E-state index is 15.7. The molecule has 0 unspecified atom stereocenters. The van der Waals surface area contributed by atoms with E-state index in [1.807, 2.05) is 60.8 Å². The summed E-state index contributed by atoms with van der Waals surface area (Å²) in [6.45, 7) is -0.276. The highest BCUT2D eigenvalue weighted by molar-refractivity contribution is 6.05. The number of carbonyl (C=O) groups excluding carboxylic acids is 2. The zero-order valence-corrected chi connectivity index (χ0v) is 42.7. The Labute approximate surface area is 439 Å². The number of phenolic OH excluding ortho intramolecular Hbond substituents is 2. The Hall–Kier alpha value is -6.66. The van der Waals surface area contributed by atoms with Crippen molar-refractivity contribution in [3.8, 4) is 17.2 Å². The second kappa shape index (κ2) is 21.5. The summed E-state index contributed by atoms with van der Waals surface area (Å²) in [7, 11) is 0. The molecule has 6 aromatic rings. The molecule has 4 bridgehead atoms. The molecule has 75 heavy (non-hydrogen) atoms. The Morgan fingerprint density at radius 2 is 1.61 bits per heavy atom. The lowest BCUT2D eigenvalue weighted by molar-refractivity contribution is -0.135. The predicted octanol–water partition coefficient (Wildman–Crippen LogP) is 11.0. The molecule has 11 nitrogen and oxygen atoms in total. The quantitative estimate of drug-likeness (QED) is 0.0726. The second-order valence-corrected chi connectivity index (χ2v) is 22.2. The molecule has 390 valence electrons. The lowest BCUT2D eigenvalue weighted by atomic mass is 9.67. The number of aromatic amines is 1. The van der Waals surface area contributed by atoms with Gasteiger partial charge in [-0.1, -0.05) is 133 Å². The third-order valence-corrected chi connectivity index (χ3v) is 17.5. The molecular weight excluding hydrogens is 939 g/mol. The number of aliphatic hydroxyl groups excluding tert-OH is 2. The molecule has 0 saturated heterocycles. The predicted molar refractivity (Wildman–Crippen MR) is 291 cm³/mol. The molecule has 3 heterocycles. The van der Waals surface area contributed by atoms with Crippen molar-refractivity contribution in [2.75, 3.05) is 13.2 Å². The molecule has 2 saturated carbocycles. The van der Waals surface area contributed by atoms with Gasteiger partial charge in [0.05, 0.1) is 23.7 Å². The average Bonchev–Trinajstić information content (AvgIpc) is 4.27. The van der Waals surface area contributed by atoms with Gasteiger partial charge in [-0.25, -0.2) is 0 Å². The number of nitrogens with zero attached hydrogens (tertiary/aromatic N) is 2. The van der Waals surface area contributed by atoms with E-state index >= 15 is 4.79 Å². The van der Waals surface area contributed by atoms with Crippen LogP contribution in [0.1, 0.15) is 144 Å². The van der Waals surface area contributed by atoms with Crippen LogP contribution in [0.25, 0.3) is 17.5 Å². The molecule has 2 aromatic heterocycles. The number of H-pyrrole nitrogens is 1. The van der Waals surface area contributed by atoms with Gasteiger partial charge >= 0.3 is 0 Å². The Bertz CT molecular complexity index is 3100. The zero-order valence-electron chi connectivity index (χ0n) is 42.7. The van der Waals surface area contributed by atoms with E-state index in [9.17, 15) is 30.3 Å². The number of Topliss-reactive ketones (excluding diaryl/α,β-unsaturated/α-hetero) is 2. The summed E-state index contributed by atoms with van der Waals surface area (Å²) in [5.41, 5.74) is 8.50. The van der Waals surface area contributed by atoms with E-state index in [0.29, 0.717) is 66.1 Å². The first-order valence-corrected chi connectivity index (χ1v) is 27.4. The maximum atomic E-state index is 15.7. The first-order chi connectivity index (χ1) is 36.5. The smallest absolute Gasteiger partial charge is 0.161 e. The summed E-state index contributed by atoms with van der Waals surface area (Å²) in [5, 5.41) is 63.8. The van der Waals surface area contributed by atoms with Gasteiger partial charge in [-0.3, -0.25) is 9.59 Å². The van der Waals surface area contributed by atoms with Crippen LogP contribution in [0.2, 0.25) is 0 Å². The highest BCUT2D eigenvalue weighted by atomic mass is 16.5. The van der Waals surface area contributed by atoms with Crippen LogP contribution in [0, 0.1) is 11.8 Å². The van der Waals surface area contributed by atoms with E-state index in [2.05, 4.69) is 35.3 Å². The summed E-state index contributed by atoms with van der Waals surface area (Å²) in [6.07, 6.45) is 18.6. The molecule has 0 amide bonds. The minimum Gasteiger partial charge on any atom is -0.664 e. The number of benzene rings is 4. The number of ketones is 2. The number of hydrogen-bond donors (Lipinski definition) is 6. The molecular formula is C64H69N3O8-2. The molecule has 0 spiro atoms. The molecule has 11 heteroatoms. The number of phenols is 2. The van der Waals surface area contributed by atoms with Gasteiger partial charge in [0.15, 0.2) is 17.3 Å². The number of aromatic nitrogens is 2. The molecule has 4 aliphatic carbocycles. The number of rotatable bonds is 10. The highest BCUT2D eigenvalue weighted by Crippen LogP contribution is 2.50. The number of hydrogen-bond acceptors (Lipinski definition) is 8. The summed E-state index contributed by atoms with van der Waals surface area (Å²) in [4.78, 5) is 38.6. The number of aryl methyl sites for hydroxylation is 2. The molecule has 1 aliphatic heterocycles. The summed E-state index contributed by atoms with van der Waals surface area (Å²) in [6, 6.07) is 29.9. The van der Waals surface area contributed by atoms with Crippen LogP contribution in [0.15, 0.2) is 115 Å². The van der Waals surface area contributed by atoms with Gasteiger partial charge in [-0.05, 0) is 147 Å². The van der Waals surface area contributed by atoms with Crippen molar-refractivity contribution in [3.63, 3.8) is 0 Å². The Morgan fingerprint density at radius 1 is 0.800 bits per heavy atom. The van der Waals surface area contributed by atoms with Crippen LogP contribution in [0.4, 0.5) is 5.82 Å². The molecule has 4 aromatic carbocycles.